The van der Waals surface area contributed by atoms with Crippen molar-refractivity contribution >= 4 is 0 Å². The summed E-state index contributed by atoms with van der Waals surface area (Å²) < 4.78 is 0. The average Bonchev–Trinajstić information content (AvgIpc) is 2.57. The van der Waals surface area contributed by atoms with Gasteiger partial charge in [0.15, 0.2) is 0 Å². The van der Waals surface area contributed by atoms with Crippen LogP contribution in [0.25, 0.3) is 0 Å². The number of likely N-dealkylation sites (tertiary alicyclic amines) is 1. The summed E-state index contributed by atoms with van der Waals surface area (Å²) in [5, 5.41) is 12.9. The first-order valence-electron chi connectivity index (χ1n) is 8.22. The van der Waals surface area contributed by atoms with Crippen molar-refractivity contribution in [1.82, 2.24) is 10.2 Å². The summed E-state index contributed by atoms with van der Waals surface area (Å²) in [5.41, 5.74) is 0.0880. The number of nitrogens with one attached hydrogen (secondary N) is 1. The van der Waals surface area contributed by atoms with E-state index in [0.29, 0.717) is 11.5 Å². The molecular formula is C17H33N3. The Morgan fingerprint density at radius 1 is 1.35 bits per heavy atom. The summed E-state index contributed by atoms with van der Waals surface area (Å²) in [6.07, 6.45) is 5.85. The van der Waals surface area contributed by atoms with Crippen LogP contribution in [0.3, 0.4) is 0 Å². The van der Waals surface area contributed by atoms with Crippen LogP contribution in [0.1, 0.15) is 66.7 Å². The topological polar surface area (TPSA) is 39.1 Å². The number of rotatable bonds is 6. The van der Waals surface area contributed by atoms with Crippen LogP contribution < -0.4 is 5.32 Å². The third-order valence-corrected chi connectivity index (χ3v) is 4.71. The molecule has 3 heteroatoms. The highest BCUT2D eigenvalue weighted by Crippen LogP contribution is 2.31. The van der Waals surface area contributed by atoms with Crippen LogP contribution in [-0.2, 0) is 0 Å². The Morgan fingerprint density at radius 2 is 2.05 bits per heavy atom. The Labute approximate surface area is 125 Å². The standard InChI is InChI=1S/C17H33N3/c1-6-10-19-17(5,14-18)13-15(2)20-11-7-8-16(3,4)9-12-20/h15,19H,6-13H2,1-5H3. The Hall–Kier alpha value is -0.590. The van der Waals surface area contributed by atoms with Crippen LogP contribution in [-0.4, -0.2) is 36.1 Å². The second kappa shape index (κ2) is 7.43. The molecule has 0 bridgehead atoms. The molecule has 2 atom stereocenters. The van der Waals surface area contributed by atoms with Crippen LogP contribution in [0.2, 0.25) is 0 Å². The lowest BCUT2D eigenvalue weighted by molar-refractivity contribution is 0.175. The van der Waals surface area contributed by atoms with Gasteiger partial charge in [-0.15, -0.1) is 0 Å². The van der Waals surface area contributed by atoms with E-state index in [4.69, 9.17) is 0 Å². The van der Waals surface area contributed by atoms with Gasteiger partial charge in [-0.1, -0.05) is 20.8 Å². The van der Waals surface area contributed by atoms with E-state index < -0.39 is 5.54 Å². The fourth-order valence-corrected chi connectivity index (χ4v) is 3.16. The van der Waals surface area contributed by atoms with Gasteiger partial charge in [-0.25, -0.2) is 0 Å². The molecule has 0 saturated carbocycles. The molecule has 0 amide bonds. The molecule has 1 rings (SSSR count). The second-order valence-corrected chi connectivity index (χ2v) is 7.48. The molecule has 0 aromatic heterocycles. The Morgan fingerprint density at radius 3 is 2.65 bits per heavy atom. The first kappa shape index (κ1) is 17.5. The van der Waals surface area contributed by atoms with Gasteiger partial charge in [0.25, 0.3) is 0 Å². The summed E-state index contributed by atoms with van der Waals surface area (Å²) in [7, 11) is 0. The smallest absolute Gasteiger partial charge is 0.105 e. The van der Waals surface area contributed by atoms with Crippen molar-refractivity contribution < 1.29 is 0 Å². The molecule has 1 saturated heterocycles. The second-order valence-electron chi connectivity index (χ2n) is 7.48. The maximum atomic E-state index is 9.47. The maximum Gasteiger partial charge on any atom is 0.105 e. The van der Waals surface area contributed by atoms with Crippen molar-refractivity contribution in [2.75, 3.05) is 19.6 Å². The fourth-order valence-electron chi connectivity index (χ4n) is 3.16. The van der Waals surface area contributed by atoms with Gasteiger partial charge in [0.1, 0.15) is 5.54 Å². The third kappa shape index (κ3) is 5.42. The number of nitrogens with zero attached hydrogens (tertiary/aromatic N) is 2. The van der Waals surface area contributed by atoms with E-state index in [-0.39, 0.29) is 0 Å². The minimum Gasteiger partial charge on any atom is -0.301 e. The fraction of sp³-hybridized carbons (Fsp3) is 0.941. The SMILES string of the molecule is CCCNC(C)(C#N)CC(C)N1CCCC(C)(C)CC1. The van der Waals surface area contributed by atoms with E-state index in [1.165, 1.54) is 32.4 Å². The molecule has 1 heterocycles. The van der Waals surface area contributed by atoms with Crippen LogP contribution in [0.5, 0.6) is 0 Å². The first-order valence-corrected chi connectivity index (χ1v) is 8.22. The van der Waals surface area contributed by atoms with Crippen LogP contribution >= 0.6 is 0 Å². The normalized spacial score (nSPS) is 24.4. The van der Waals surface area contributed by atoms with Crippen molar-refractivity contribution in [3.8, 4) is 6.07 Å². The van der Waals surface area contributed by atoms with Gasteiger partial charge in [0, 0.05) is 6.04 Å². The molecule has 3 nitrogen and oxygen atoms in total. The Kier molecular flexibility index (Phi) is 6.48. The minimum absolute atomic E-state index is 0.392. The Balaban J connectivity index is 2.56. The third-order valence-electron chi connectivity index (χ3n) is 4.71. The largest absolute Gasteiger partial charge is 0.301 e. The van der Waals surface area contributed by atoms with E-state index in [1.807, 2.05) is 6.92 Å². The molecule has 1 fully saturated rings. The van der Waals surface area contributed by atoms with Crippen molar-refractivity contribution in [3.05, 3.63) is 0 Å². The zero-order valence-corrected chi connectivity index (χ0v) is 14.1. The molecule has 0 aromatic rings. The molecule has 2 unspecified atom stereocenters. The molecule has 0 spiro atoms. The molecule has 0 radical (unpaired) electrons. The Bertz CT molecular complexity index is 332. The van der Waals surface area contributed by atoms with Crippen LogP contribution in [0.4, 0.5) is 0 Å². The van der Waals surface area contributed by atoms with Gasteiger partial charge >= 0.3 is 0 Å². The van der Waals surface area contributed by atoms with Gasteiger partial charge in [0.05, 0.1) is 6.07 Å². The minimum atomic E-state index is -0.392. The molecule has 116 valence electrons. The van der Waals surface area contributed by atoms with E-state index in [9.17, 15) is 5.26 Å². The van der Waals surface area contributed by atoms with E-state index in [2.05, 4.69) is 44.0 Å². The molecule has 1 N–H and O–H groups in total. The average molecular weight is 279 g/mol. The lowest BCUT2D eigenvalue weighted by Gasteiger charge is -2.34. The van der Waals surface area contributed by atoms with E-state index >= 15 is 0 Å². The van der Waals surface area contributed by atoms with E-state index in [1.54, 1.807) is 0 Å². The predicted molar refractivity (Wildman–Crippen MR) is 85.6 cm³/mol. The van der Waals surface area contributed by atoms with Crippen LogP contribution in [0.15, 0.2) is 0 Å². The van der Waals surface area contributed by atoms with Crippen molar-refractivity contribution in [2.24, 2.45) is 5.41 Å². The monoisotopic (exact) mass is 279 g/mol. The van der Waals surface area contributed by atoms with Gasteiger partial charge in [-0.3, -0.25) is 5.32 Å². The highest BCUT2D eigenvalue weighted by Gasteiger charge is 2.30. The van der Waals surface area contributed by atoms with Gasteiger partial charge in [-0.2, -0.15) is 5.26 Å². The molecular weight excluding hydrogens is 246 g/mol. The molecule has 1 aliphatic heterocycles. The quantitative estimate of drug-likeness (QED) is 0.808. The maximum absolute atomic E-state index is 9.47. The first-order chi connectivity index (χ1) is 9.32. The van der Waals surface area contributed by atoms with E-state index in [0.717, 1.165) is 19.4 Å². The molecule has 20 heavy (non-hydrogen) atoms. The number of hydrogen-bond donors (Lipinski definition) is 1. The lowest BCUT2D eigenvalue weighted by atomic mass is 9.85. The van der Waals surface area contributed by atoms with Crippen molar-refractivity contribution in [1.29, 1.82) is 5.26 Å². The van der Waals surface area contributed by atoms with Crippen molar-refractivity contribution in [2.45, 2.75) is 78.3 Å². The number of hydrogen-bond acceptors (Lipinski definition) is 3. The van der Waals surface area contributed by atoms with Gasteiger partial charge in [-0.05, 0) is 71.0 Å². The van der Waals surface area contributed by atoms with Crippen molar-refractivity contribution in [3.63, 3.8) is 0 Å². The summed E-state index contributed by atoms with van der Waals surface area (Å²) in [4.78, 5) is 2.58. The zero-order valence-electron chi connectivity index (χ0n) is 14.1. The lowest BCUT2D eigenvalue weighted by Crippen LogP contribution is -2.47. The molecule has 0 aromatic carbocycles. The van der Waals surface area contributed by atoms with Gasteiger partial charge < -0.3 is 4.90 Å². The highest BCUT2D eigenvalue weighted by molar-refractivity contribution is 5.05. The summed E-state index contributed by atoms with van der Waals surface area (Å²) >= 11 is 0. The van der Waals surface area contributed by atoms with Crippen LogP contribution in [0, 0.1) is 16.7 Å². The predicted octanol–water partition coefficient (Wildman–Crippen LogP) is 3.56. The summed E-state index contributed by atoms with van der Waals surface area (Å²) in [6.45, 7) is 14.5. The highest BCUT2D eigenvalue weighted by atomic mass is 15.2. The molecule has 1 aliphatic rings. The van der Waals surface area contributed by atoms with Gasteiger partial charge in [0.2, 0.25) is 0 Å². The summed E-state index contributed by atoms with van der Waals surface area (Å²) in [6, 6.07) is 2.95. The molecule has 0 aliphatic carbocycles. The number of nitriles is 1. The zero-order chi connectivity index (χ0) is 15.2. The summed E-state index contributed by atoms with van der Waals surface area (Å²) in [5.74, 6) is 0.